The molecule has 3 rings (SSSR count). The van der Waals surface area contributed by atoms with E-state index in [0.717, 1.165) is 5.56 Å². The Morgan fingerprint density at radius 3 is 2.48 bits per heavy atom. The number of nitrogens with two attached hydrogens (primary N) is 1. The molecule has 3 aromatic rings. The predicted octanol–water partition coefficient (Wildman–Crippen LogP) is 4.80. The van der Waals surface area contributed by atoms with Gasteiger partial charge in [0.15, 0.2) is 0 Å². The molecular formula is C18H13Cl2N3O2. The van der Waals surface area contributed by atoms with Gasteiger partial charge in [0.25, 0.3) is 0 Å². The second-order valence-electron chi connectivity index (χ2n) is 5.14. The third-order valence-electron chi connectivity index (χ3n) is 3.39. The van der Waals surface area contributed by atoms with Crippen LogP contribution in [0.5, 0.6) is 0 Å². The van der Waals surface area contributed by atoms with E-state index in [-0.39, 0.29) is 0 Å². The zero-order valence-electron chi connectivity index (χ0n) is 12.9. The summed E-state index contributed by atoms with van der Waals surface area (Å²) in [5, 5.41) is 5.02. The van der Waals surface area contributed by atoms with Crippen LogP contribution in [0.15, 0.2) is 64.1 Å². The van der Waals surface area contributed by atoms with Crippen molar-refractivity contribution in [3.8, 4) is 11.3 Å². The summed E-state index contributed by atoms with van der Waals surface area (Å²) in [5.41, 5.74) is 10.1. The van der Waals surface area contributed by atoms with E-state index >= 15 is 0 Å². The Labute approximate surface area is 154 Å². The molecule has 1 heterocycles. The number of carbonyl (C=O) groups excluding carboxylic acids is 1. The van der Waals surface area contributed by atoms with Crippen LogP contribution < -0.4 is 11.2 Å². The number of benzene rings is 2. The SMILES string of the molecule is NC(=O)c1ccc(-c2ccc(C=NNc3ccc(Cl)c(Cl)c3)o2)cc1. The molecule has 0 bridgehead atoms. The molecule has 0 fully saturated rings. The van der Waals surface area contributed by atoms with Crippen molar-refractivity contribution >= 4 is 41.0 Å². The predicted molar refractivity (Wildman–Crippen MR) is 100 cm³/mol. The summed E-state index contributed by atoms with van der Waals surface area (Å²) in [5.74, 6) is 0.765. The van der Waals surface area contributed by atoms with Crippen LogP contribution in [-0.2, 0) is 0 Å². The zero-order chi connectivity index (χ0) is 17.8. The van der Waals surface area contributed by atoms with Crippen molar-refractivity contribution in [2.24, 2.45) is 10.8 Å². The molecule has 0 unspecified atom stereocenters. The number of halogens is 2. The number of furan rings is 1. The third-order valence-corrected chi connectivity index (χ3v) is 4.12. The highest BCUT2D eigenvalue weighted by atomic mass is 35.5. The van der Waals surface area contributed by atoms with Crippen molar-refractivity contribution in [3.63, 3.8) is 0 Å². The molecular weight excluding hydrogens is 361 g/mol. The maximum absolute atomic E-state index is 11.1. The van der Waals surface area contributed by atoms with Crippen molar-refractivity contribution in [1.29, 1.82) is 0 Å². The highest BCUT2D eigenvalue weighted by molar-refractivity contribution is 6.42. The zero-order valence-corrected chi connectivity index (χ0v) is 14.4. The van der Waals surface area contributed by atoms with Crippen LogP contribution in [0.3, 0.4) is 0 Å². The molecule has 0 spiro atoms. The lowest BCUT2D eigenvalue weighted by Crippen LogP contribution is -2.10. The molecule has 126 valence electrons. The molecule has 2 aromatic carbocycles. The molecule has 3 N–H and O–H groups in total. The number of primary amides is 1. The van der Waals surface area contributed by atoms with Crippen LogP contribution in [0.1, 0.15) is 16.1 Å². The first kappa shape index (κ1) is 17.1. The van der Waals surface area contributed by atoms with E-state index in [9.17, 15) is 4.79 Å². The third kappa shape index (κ3) is 4.21. The summed E-state index contributed by atoms with van der Waals surface area (Å²) in [7, 11) is 0. The molecule has 0 radical (unpaired) electrons. The van der Waals surface area contributed by atoms with E-state index in [1.807, 2.05) is 6.07 Å². The second kappa shape index (κ2) is 7.42. The van der Waals surface area contributed by atoms with Gasteiger partial charge in [-0.3, -0.25) is 10.2 Å². The summed E-state index contributed by atoms with van der Waals surface area (Å²) in [6.45, 7) is 0. The fourth-order valence-corrected chi connectivity index (χ4v) is 2.41. The van der Waals surface area contributed by atoms with Gasteiger partial charge < -0.3 is 10.2 Å². The lowest BCUT2D eigenvalue weighted by Gasteiger charge is -2.01. The number of anilines is 1. The fourth-order valence-electron chi connectivity index (χ4n) is 2.11. The van der Waals surface area contributed by atoms with E-state index in [0.29, 0.717) is 32.8 Å². The summed E-state index contributed by atoms with van der Waals surface area (Å²) in [4.78, 5) is 11.1. The maximum Gasteiger partial charge on any atom is 0.248 e. The summed E-state index contributed by atoms with van der Waals surface area (Å²) >= 11 is 11.8. The van der Waals surface area contributed by atoms with Gasteiger partial charge in [0.1, 0.15) is 11.5 Å². The van der Waals surface area contributed by atoms with Gasteiger partial charge in [0.05, 0.1) is 21.9 Å². The Morgan fingerprint density at radius 1 is 1.04 bits per heavy atom. The normalized spacial score (nSPS) is 11.0. The standard InChI is InChI=1S/C18H13Cl2N3O2/c19-15-7-5-13(9-16(15)20)23-22-10-14-6-8-17(25-14)11-1-3-12(4-2-11)18(21)24/h1-10,23H,(H2,21,24). The van der Waals surface area contributed by atoms with Gasteiger partial charge in [-0.1, -0.05) is 35.3 Å². The number of hydrazone groups is 1. The highest BCUT2D eigenvalue weighted by Gasteiger charge is 2.05. The van der Waals surface area contributed by atoms with Crippen molar-refractivity contribution in [2.45, 2.75) is 0 Å². The van der Waals surface area contributed by atoms with Crippen molar-refractivity contribution < 1.29 is 9.21 Å². The number of hydrogen-bond acceptors (Lipinski definition) is 4. The minimum Gasteiger partial charge on any atom is -0.455 e. The minimum atomic E-state index is -0.466. The molecule has 0 aliphatic heterocycles. The van der Waals surface area contributed by atoms with Crippen LogP contribution >= 0.6 is 23.2 Å². The van der Waals surface area contributed by atoms with Crippen molar-refractivity contribution in [2.75, 3.05) is 5.43 Å². The van der Waals surface area contributed by atoms with E-state index in [1.54, 1.807) is 54.7 Å². The van der Waals surface area contributed by atoms with Gasteiger partial charge in [-0.15, -0.1) is 0 Å². The number of amides is 1. The van der Waals surface area contributed by atoms with E-state index in [4.69, 9.17) is 33.4 Å². The minimum absolute atomic E-state index is 0.446. The first-order valence-corrected chi connectivity index (χ1v) is 8.03. The Bertz CT molecular complexity index is 934. The molecule has 1 amide bonds. The number of nitrogens with zero attached hydrogens (tertiary/aromatic N) is 1. The summed E-state index contributed by atoms with van der Waals surface area (Å²) < 4.78 is 5.70. The van der Waals surface area contributed by atoms with Gasteiger partial charge in [-0.05, 0) is 42.5 Å². The molecule has 25 heavy (non-hydrogen) atoms. The summed E-state index contributed by atoms with van der Waals surface area (Å²) in [6.07, 6.45) is 1.55. The molecule has 0 saturated carbocycles. The Hall–Kier alpha value is -2.76. The largest absolute Gasteiger partial charge is 0.455 e. The number of hydrogen-bond donors (Lipinski definition) is 2. The molecule has 0 aliphatic carbocycles. The highest BCUT2D eigenvalue weighted by Crippen LogP contribution is 2.25. The van der Waals surface area contributed by atoms with Gasteiger partial charge in [0.2, 0.25) is 5.91 Å². The Morgan fingerprint density at radius 2 is 1.80 bits per heavy atom. The number of rotatable bonds is 5. The van der Waals surface area contributed by atoms with E-state index < -0.39 is 5.91 Å². The van der Waals surface area contributed by atoms with Gasteiger partial charge >= 0.3 is 0 Å². The van der Waals surface area contributed by atoms with Crippen LogP contribution in [0.25, 0.3) is 11.3 Å². The number of nitrogens with one attached hydrogen (secondary N) is 1. The topological polar surface area (TPSA) is 80.6 Å². The van der Waals surface area contributed by atoms with Crippen LogP contribution in [-0.4, -0.2) is 12.1 Å². The van der Waals surface area contributed by atoms with Gasteiger partial charge in [-0.25, -0.2) is 0 Å². The lowest BCUT2D eigenvalue weighted by molar-refractivity contribution is 0.100. The second-order valence-corrected chi connectivity index (χ2v) is 5.96. The molecule has 0 saturated heterocycles. The molecule has 5 nitrogen and oxygen atoms in total. The number of carbonyl (C=O) groups is 1. The Kier molecular flexibility index (Phi) is 5.07. The Balaban J connectivity index is 1.68. The first-order chi connectivity index (χ1) is 12.0. The summed E-state index contributed by atoms with van der Waals surface area (Å²) in [6, 6.07) is 15.6. The van der Waals surface area contributed by atoms with Gasteiger partial charge in [0, 0.05) is 11.1 Å². The quantitative estimate of drug-likeness (QED) is 0.497. The smallest absolute Gasteiger partial charge is 0.248 e. The maximum atomic E-state index is 11.1. The van der Waals surface area contributed by atoms with Crippen LogP contribution in [0, 0.1) is 0 Å². The first-order valence-electron chi connectivity index (χ1n) is 7.27. The fraction of sp³-hybridized carbons (Fsp3) is 0. The van der Waals surface area contributed by atoms with E-state index in [2.05, 4.69) is 10.5 Å². The van der Waals surface area contributed by atoms with Crippen LogP contribution in [0.2, 0.25) is 10.0 Å². The molecule has 7 heteroatoms. The van der Waals surface area contributed by atoms with Gasteiger partial charge in [-0.2, -0.15) is 5.10 Å². The van der Waals surface area contributed by atoms with Crippen molar-refractivity contribution in [3.05, 3.63) is 76.0 Å². The lowest BCUT2D eigenvalue weighted by atomic mass is 10.1. The van der Waals surface area contributed by atoms with Crippen molar-refractivity contribution in [1.82, 2.24) is 0 Å². The van der Waals surface area contributed by atoms with E-state index in [1.165, 1.54) is 0 Å². The van der Waals surface area contributed by atoms with Crippen LogP contribution in [0.4, 0.5) is 5.69 Å². The molecule has 0 atom stereocenters. The molecule has 0 aliphatic rings. The average Bonchev–Trinajstić information content (AvgIpc) is 3.07. The molecule has 1 aromatic heterocycles. The average molecular weight is 374 g/mol. The monoisotopic (exact) mass is 373 g/mol.